The molecular weight excluding hydrogens is 212 g/mol. The van der Waals surface area contributed by atoms with Gasteiger partial charge in [-0.1, -0.05) is 17.7 Å². The van der Waals surface area contributed by atoms with Crippen LogP contribution >= 0.6 is 0 Å². The zero-order chi connectivity index (χ0) is 12.9. The van der Waals surface area contributed by atoms with E-state index in [9.17, 15) is 10.2 Å². The molecule has 17 heavy (non-hydrogen) atoms. The van der Waals surface area contributed by atoms with E-state index in [-0.39, 0.29) is 12.5 Å². The topological polar surface area (TPSA) is 40.5 Å². The largest absolute Gasteiger partial charge is 0.392 e. The quantitative estimate of drug-likeness (QED) is 0.725. The van der Waals surface area contributed by atoms with Crippen LogP contribution in [0.3, 0.4) is 0 Å². The Bertz CT molecular complexity index is 295. The molecule has 0 heterocycles. The smallest absolute Gasteiger partial charge is 0.0641 e. The van der Waals surface area contributed by atoms with Crippen molar-refractivity contribution in [2.24, 2.45) is 5.92 Å². The molecule has 0 saturated heterocycles. The maximum Gasteiger partial charge on any atom is 0.0641 e. The minimum Gasteiger partial charge on any atom is -0.392 e. The van der Waals surface area contributed by atoms with E-state index in [1.807, 2.05) is 13.8 Å². The molecule has 0 aliphatic heterocycles. The molecule has 0 spiro atoms. The highest BCUT2D eigenvalue weighted by Gasteiger charge is 2.25. The first-order valence-corrected chi connectivity index (χ1v) is 6.60. The van der Waals surface area contributed by atoms with Crippen molar-refractivity contribution < 1.29 is 10.2 Å². The normalized spacial score (nSPS) is 30.1. The average molecular weight is 238 g/mol. The summed E-state index contributed by atoms with van der Waals surface area (Å²) < 4.78 is 0. The fraction of sp³-hybridized carbons (Fsp3) is 0.733. The average Bonchev–Trinajstić information content (AvgIpc) is 2.25. The third-order valence-corrected chi connectivity index (χ3v) is 3.74. The van der Waals surface area contributed by atoms with Crippen molar-refractivity contribution >= 4 is 0 Å². The van der Waals surface area contributed by atoms with Crippen LogP contribution < -0.4 is 0 Å². The predicted octanol–water partition coefficient (Wildman–Crippen LogP) is 3.20. The van der Waals surface area contributed by atoms with Gasteiger partial charge in [-0.25, -0.2) is 0 Å². The lowest BCUT2D eigenvalue weighted by molar-refractivity contribution is 0.0144. The number of hydrogen-bond donors (Lipinski definition) is 2. The Kier molecular flexibility index (Phi) is 5.41. The second-order valence-electron chi connectivity index (χ2n) is 5.73. The van der Waals surface area contributed by atoms with Crippen molar-refractivity contribution in [1.82, 2.24) is 0 Å². The Hall–Kier alpha value is -0.600. The standard InChI is InChI=1S/C15H26O2/c1-12-5-4-6-13(11-16)8-10-14(9-7-12)15(2,3)17/h5,8,14,16-17H,4,6-7,9-11H2,1-3H3/b12-5+,13-8-/t14-/m0/s1. The molecule has 0 unspecified atom stereocenters. The van der Waals surface area contributed by atoms with E-state index in [2.05, 4.69) is 19.1 Å². The van der Waals surface area contributed by atoms with Crippen LogP contribution in [0.4, 0.5) is 0 Å². The molecule has 1 atom stereocenters. The molecule has 0 bridgehead atoms. The minimum absolute atomic E-state index is 0.144. The van der Waals surface area contributed by atoms with Gasteiger partial charge in [0, 0.05) is 0 Å². The Labute approximate surface area is 105 Å². The van der Waals surface area contributed by atoms with Crippen molar-refractivity contribution in [2.45, 2.75) is 58.5 Å². The van der Waals surface area contributed by atoms with Crippen LogP contribution in [0.5, 0.6) is 0 Å². The monoisotopic (exact) mass is 238 g/mol. The van der Waals surface area contributed by atoms with Gasteiger partial charge in [-0.05, 0) is 64.4 Å². The first-order valence-electron chi connectivity index (χ1n) is 6.60. The van der Waals surface area contributed by atoms with Gasteiger partial charge in [0.05, 0.1) is 12.2 Å². The second kappa shape index (κ2) is 6.36. The Balaban J connectivity index is 2.80. The Morgan fingerprint density at radius 3 is 2.59 bits per heavy atom. The van der Waals surface area contributed by atoms with E-state index < -0.39 is 5.60 Å². The van der Waals surface area contributed by atoms with E-state index in [0.29, 0.717) is 0 Å². The summed E-state index contributed by atoms with van der Waals surface area (Å²) in [5.74, 6) is 0.269. The summed E-state index contributed by atoms with van der Waals surface area (Å²) in [6, 6.07) is 0. The van der Waals surface area contributed by atoms with Gasteiger partial charge in [-0.2, -0.15) is 0 Å². The highest BCUT2D eigenvalue weighted by atomic mass is 16.3. The summed E-state index contributed by atoms with van der Waals surface area (Å²) in [7, 11) is 0. The SMILES string of the molecule is C/C1=C\CC/C(CO)=C/C[C@@H](C(C)(C)O)CC1. The molecule has 1 rings (SSSR count). The van der Waals surface area contributed by atoms with Crippen molar-refractivity contribution in [2.75, 3.05) is 6.61 Å². The molecule has 0 aromatic heterocycles. The van der Waals surface area contributed by atoms with E-state index in [4.69, 9.17) is 0 Å². The van der Waals surface area contributed by atoms with Crippen LogP contribution in [0.2, 0.25) is 0 Å². The van der Waals surface area contributed by atoms with Gasteiger partial charge in [0.2, 0.25) is 0 Å². The van der Waals surface area contributed by atoms with E-state index >= 15 is 0 Å². The van der Waals surface area contributed by atoms with Crippen molar-refractivity contribution in [3.05, 3.63) is 23.3 Å². The lowest BCUT2D eigenvalue weighted by Crippen LogP contribution is -2.30. The van der Waals surface area contributed by atoms with Crippen molar-refractivity contribution in [3.63, 3.8) is 0 Å². The van der Waals surface area contributed by atoms with Gasteiger partial charge in [-0.3, -0.25) is 0 Å². The lowest BCUT2D eigenvalue weighted by Gasteiger charge is -2.29. The maximum atomic E-state index is 10.2. The van der Waals surface area contributed by atoms with Gasteiger partial charge >= 0.3 is 0 Å². The van der Waals surface area contributed by atoms with Crippen LogP contribution in [0.15, 0.2) is 23.3 Å². The van der Waals surface area contributed by atoms with Crippen LogP contribution in [-0.2, 0) is 0 Å². The van der Waals surface area contributed by atoms with E-state index in [0.717, 1.165) is 37.7 Å². The van der Waals surface area contributed by atoms with Crippen LogP contribution in [-0.4, -0.2) is 22.4 Å². The zero-order valence-electron chi connectivity index (χ0n) is 11.4. The molecule has 1 aliphatic rings. The van der Waals surface area contributed by atoms with Crippen LogP contribution in [0.1, 0.15) is 52.9 Å². The highest BCUT2D eigenvalue weighted by Crippen LogP contribution is 2.29. The Morgan fingerprint density at radius 1 is 1.29 bits per heavy atom. The van der Waals surface area contributed by atoms with Gasteiger partial charge in [0.1, 0.15) is 0 Å². The third kappa shape index (κ3) is 5.05. The lowest BCUT2D eigenvalue weighted by atomic mass is 9.82. The fourth-order valence-corrected chi connectivity index (χ4v) is 2.32. The van der Waals surface area contributed by atoms with Gasteiger partial charge in [0.25, 0.3) is 0 Å². The minimum atomic E-state index is -0.642. The summed E-state index contributed by atoms with van der Waals surface area (Å²) in [4.78, 5) is 0. The summed E-state index contributed by atoms with van der Waals surface area (Å²) in [5.41, 5.74) is 1.86. The molecule has 0 saturated carbocycles. The number of hydrogen-bond acceptors (Lipinski definition) is 2. The van der Waals surface area contributed by atoms with Crippen LogP contribution in [0.25, 0.3) is 0 Å². The third-order valence-electron chi connectivity index (χ3n) is 3.74. The Morgan fingerprint density at radius 2 is 2.00 bits per heavy atom. The first kappa shape index (κ1) is 14.5. The summed E-state index contributed by atoms with van der Waals surface area (Å²) in [5, 5.41) is 19.4. The van der Waals surface area contributed by atoms with E-state index in [1.54, 1.807) is 0 Å². The molecule has 0 aromatic carbocycles. The molecule has 2 heteroatoms. The highest BCUT2D eigenvalue weighted by molar-refractivity contribution is 5.09. The van der Waals surface area contributed by atoms with Gasteiger partial charge < -0.3 is 10.2 Å². The van der Waals surface area contributed by atoms with Gasteiger partial charge in [-0.15, -0.1) is 0 Å². The molecule has 1 aliphatic carbocycles. The molecule has 2 N–H and O–H groups in total. The molecule has 0 radical (unpaired) electrons. The number of aliphatic hydroxyl groups excluding tert-OH is 1. The van der Waals surface area contributed by atoms with Gasteiger partial charge in [0.15, 0.2) is 0 Å². The maximum absolute atomic E-state index is 10.2. The van der Waals surface area contributed by atoms with Crippen LogP contribution in [0, 0.1) is 5.92 Å². The molecule has 2 nitrogen and oxygen atoms in total. The zero-order valence-corrected chi connectivity index (χ0v) is 11.4. The summed E-state index contributed by atoms with van der Waals surface area (Å²) >= 11 is 0. The predicted molar refractivity (Wildman–Crippen MR) is 71.8 cm³/mol. The molecule has 0 amide bonds. The molecule has 98 valence electrons. The second-order valence-corrected chi connectivity index (χ2v) is 5.73. The van der Waals surface area contributed by atoms with Crippen molar-refractivity contribution in [3.8, 4) is 0 Å². The van der Waals surface area contributed by atoms with E-state index in [1.165, 1.54) is 5.57 Å². The summed E-state index contributed by atoms with van der Waals surface area (Å²) in [6.07, 6.45) is 9.29. The molecule has 0 fully saturated rings. The number of rotatable bonds is 2. The fourth-order valence-electron chi connectivity index (χ4n) is 2.32. The number of aliphatic hydroxyl groups is 2. The molecular formula is C15H26O2. The molecule has 0 aromatic rings. The number of allylic oxidation sites excluding steroid dienone is 3. The first-order chi connectivity index (χ1) is 7.93. The van der Waals surface area contributed by atoms with Crippen molar-refractivity contribution in [1.29, 1.82) is 0 Å². The summed E-state index contributed by atoms with van der Waals surface area (Å²) in [6.45, 7) is 6.07.